The molecule has 9 nitrogen and oxygen atoms in total. The van der Waals surface area contributed by atoms with Gasteiger partial charge in [-0.3, -0.25) is 14.4 Å². The molecule has 0 bridgehead atoms. The van der Waals surface area contributed by atoms with Gasteiger partial charge in [0.2, 0.25) is 10.0 Å². The monoisotopic (exact) mass is 413 g/mol. The van der Waals surface area contributed by atoms with Crippen LogP contribution in [-0.2, 0) is 21.8 Å². The first-order valence-electron chi connectivity index (χ1n) is 9.82. The van der Waals surface area contributed by atoms with E-state index in [0.717, 1.165) is 31.6 Å². The van der Waals surface area contributed by atoms with Crippen molar-refractivity contribution in [3.05, 3.63) is 17.5 Å². The van der Waals surface area contributed by atoms with E-state index in [9.17, 15) is 13.2 Å². The van der Waals surface area contributed by atoms with Gasteiger partial charge in [0.15, 0.2) is 5.69 Å². The van der Waals surface area contributed by atoms with Crippen molar-refractivity contribution in [1.29, 1.82) is 0 Å². The number of piperidine rings is 1. The van der Waals surface area contributed by atoms with Crippen molar-refractivity contribution >= 4 is 15.9 Å². The van der Waals surface area contributed by atoms with Crippen LogP contribution in [0.4, 0.5) is 0 Å². The molecule has 0 aromatic carbocycles. The lowest BCUT2D eigenvalue weighted by Crippen LogP contribution is -2.53. The molecule has 0 aliphatic carbocycles. The van der Waals surface area contributed by atoms with Crippen LogP contribution in [0, 0.1) is 6.92 Å². The van der Waals surface area contributed by atoms with Gasteiger partial charge in [-0.05, 0) is 25.8 Å². The van der Waals surface area contributed by atoms with E-state index < -0.39 is 10.0 Å². The van der Waals surface area contributed by atoms with Crippen molar-refractivity contribution < 1.29 is 17.9 Å². The maximum Gasteiger partial charge on any atom is 0.274 e. The van der Waals surface area contributed by atoms with Crippen LogP contribution in [0.3, 0.4) is 0 Å². The Kier molecular flexibility index (Phi) is 6.74. The third kappa shape index (κ3) is 5.11. The second-order valence-corrected chi connectivity index (χ2v) is 9.60. The minimum atomic E-state index is -3.36. The molecule has 2 aliphatic rings. The SMILES string of the molecule is Cc1cc(C(=O)N2CCCC(N(CCN3CCOCC3)S(C)(=O)=O)C2)nn1C. The van der Waals surface area contributed by atoms with Crippen molar-refractivity contribution in [1.82, 2.24) is 23.9 Å². The number of nitrogens with zero attached hydrogens (tertiary/aromatic N) is 5. The van der Waals surface area contributed by atoms with Crippen LogP contribution < -0.4 is 0 Å². The Labute approximate surface area is 167 Å². The first-order valence-corrected chi connectivity index (χ1v) is 11.7. The Morgan fingerprint density at radius 1 is 1.32 bits per heavy atom. The lowest BCUT2D eigenvalue weighted by atomic mass is 10.1. The minimum Gasteiger partial charge on any atom is -0.379 e. The van der Waals surface area contributed by atoms with E-state index in [1.165, 1.54) is 6.26 Å². The number of rotatable bonds is 6. The molecule has 0 spiro atoms. The van der Waals surface area contributed by atoms with Gasteiger partial charge in [0.25, 0.3) is 5.91 Å². The molecule has 3 rings (SSSR count). The predicted molar refractivity (Wildman–Crippen MR) is 106 cm³/mol. The predicted octanol–water partition coefficient (Wildman–Crippen LogP) is -0.0731. The van der Waals surface area contributed by atoms with E-state index in [-0.39, 0.29) is 11.9 Å². The number of sulfonamides is 1. The molecule has 3 heterocycles. The fraction of sp³-hybridized carbons (Fsp3) is 0.778. The molecule has 2 saturated heterocycles. The molecular weight excluding hydrogens is 382 g/mol. The Morgan fingerprint density at radius 2 is 2.04 bits per heavy atom. The van der Waals surface area contributed by atoms with Gasteiger partial charge in [0, 0.05) is 58.1 Å². The quantitative estimate of drug-likeness (QED) is 0.649. The molecule has 2 aliphatic heterocycles. The van der Waals surface area contributed by atoms with E-state index in [1.54, 1.807) is 20.0 Å². The molecule has 28 heavy (non-hydrogen) atoms. The van der Waals surface area contributed by atoms with Gasteiger partial charge < -0.3 is 9.64 Å². The second-order valence-electron chi connectivity index (χ2n) is 7.67. The number of aromatic nitrogens is 2. The highest BCUT2D eigenvalue weighted by molar-refractivity contribution is 7.88. The highest BCUT2D eigenvalue weighted by Gasteiger charge is 2.33. The maximum atomic E-state index is 12.8. The van der Waals surface area contributed by atoms with Gasteiger partial charge in [-0.15, -0.1) is 0 Å². The molecule has 0 N–H and O–H groups in total. The van der Waals surface area contributed by atoms with E-state index in [0.29, 0.717) is 45.1 Å². The fourth-order valence-corrected chi connectivity index (χ4v) is 5.01. The largest absolute Gasteiger partial charge is 0.379 e. The molecule has 1 amide bonds. The summed E-state index contributed by atoms with van der Waals surface area (Å²) in [6, 6.07) is 1.58. The van der Waals surface area contributed by atoms with E-state index >= 15 is 0 Å². The molecule has 158 valence electrons. The van der Waals surface area contributed by atoms with Gasteiger partial charge in [-0.25, -0.2) is 8.42 Å². The summed E-state index contributed by atoms with van der Waals surface area (Å²) in [7, 11) is -1.56. The summed E-state index contributed by atoms with van der Waals surface area (Å²) in [6.45, 7) is 7.09. The van der Waals surface area contributed by atoms with Crippen LogP contribution in [0.2, 0.25) is 0 Å². The zero-order valence-electron chi connectivity index (χ0n) is 17.0. The molecule has 1 unspecified atom stereocenters. The minimum absolute atomic E-state index is 0.130. The van der Waals surface area contributed by atoms with Crippen LogP contribution in [0.1, 0.15) is 29.0 Å². The highest BCUT2D eigenvalue weighted by atomic mass is 32.2. The number of hydrogen-bond acceptors (Lipinski definition) is 6. The number of carbonyl (C=O) groups is 1. The standard InChI is InChI=1S/C18H31N5O4S/c1-15-13-17(19-20(15)2)18(24)22-6-4-5-16(14-22)23(28(3,25)26)8-7-21-9-11-27-12-10-21/h13,16H,4-12,14H2,1-3H3. The second kappa shape index (κ2) is 8.89. The molecule has 10 heteroatoms. The third-order valence-electron chi connectivity index (χ3n) is 5.59. The van der Waals surface area contributed by atoms with Crippen LogP contribution >= 0.6 is 0 Å². The average molecular weight is 414 g/mol. The summed E-state index contributed by atoms with van der Waals surface area (Å²) < 4.78 is 33.5. The number of morpholine rings is 1. The number of carbonyl (C=O) groups excluding carboxylic acids is 1. The lowest BCUT2D eigenvalue weighted by Gasteiger charge is -2.39. The van der Waals surface area contributed by atoms with Gasteiger partial charge in [0.1, 0.15) is 0 Å². The fourth-order valence-electron chi connectivity index (χ4n) is 3.89. The summed E-state index contributed by atoms with van der Waals surface area (Å²) in [5.74, 6) is -0.130. The summed E-state index contributed by atoms with van der Waals surface area (Å²) >= 11 is 0. The van der Waals surface area contributed by atoms with Crippen molar-refractivity contribution in [3.63, 3.8) is 0 Å². The Hall–Kier alpha value is -1.49. The zero-order chi connectivity index (χ0) is 20.3. The topological polar surface area (TPSA) is 88.0 Å². The summed E-state index contributed by atoms with van der Waals surface area (Å²) in [5.41, 5.74) is 1.33. The van der Waals surface area contributed by atoms with E-state index in [2.05, 4.69) is 10.00 Å². The molecule has 1 aromatic rings. The Balaban J connectivity index is 1.67. The first-order chi connectivity index (χ1) is 13.3. The molecule has 0 saturated carbocycles. The van der Waals surface area contributed by atoms with E-state index in [4.69, 9.17) is 4.74 Å². The van der Waals surface area contributed by atoms with Gasteiger partial charge in [-0.2, -0.15) is 9.40 Å². The van der Waals surface area contributed by atoms with Crippen molar-refractivity contribution in [2.45, 2.75) is 25.8 Å². The maximum absolute atomic E-state index is 12.8. The third-order valence-corrected chi connectivity index (χ3v) is 6.92. The van der Waals surface area contributed by atoms with Crippen LogP contribution in [0.15, 0.2) is 6.07 Å². The van der Waals surface area contributed by atoms with Gasteiger partial charge >= 0.3 is 0 Å². The Bertz CT molecular complexity index is 768. The smallest absolute Gasteiger partial charge is 0.274 e. The van der Waals surface area contributed by atoms with Crippen LogP contribution in [0.5, 0.6) is 0 Å². The molecule has 0 radical (unpaired) electrons. The zero-order valence-corrected chi connectivity index (χ0v) is 17.8. The summed E-state index contributed by atoms with van der Waals surface area (Å²) in [4.78, 5) is 16.8. The van der Waals surface area contributed by atoms with E-state index in [1.807, 2.05) is 14.0 Å². The molecule has 1 aromatic heterocycles. The lowest BCUT2D eigenvalue weighted by molar-refractivity contribution is 0.0334. The van der Waals surface area contributed by atoms with Crippen molar-refractivity contribution in [2.75, 3.05) is 58.7 Å². The van der Waals surface area contributed by atoms with Crippen molar-refractivity contribution in [2.24, 2.45) is 7.05 Å². The van der Waals surface area contributed by atoms with Crippen molar-refractivity contribution in [3.8, 4) is 0 Å². The normalized spacial score (nSPS) is 22.0. The highest BCUT2D eigenvalue weighted by Crippen LogP contribution is 2.20. The molecule has 2 fully saturated rings. The number of ether oxygens (including phenoxy) is 1. The Morgan fingerprint density at radius 3 is 2.64 bits per heavy atom. The van der Waals surface area contributed by atoms with Gasteiger partial charge in [0.05, 0.1) is 19.5 Å². The van der Waals surface area contributed by atoms with Crippen LogP contribution in [0.25, 0.3) is 0 Å². The number of hydrogen-bond donors (Lipinski definition) is 0. The summed E-state index contributed by atoms with van der Waals surface area (Å²) in [5, 5.41) is 4.28. The van der Waals surface area contributed by atoms with Crippen LogP contribution in [-0.4, -0.2) is 103 Å². The molecule has 1 atom stereocenters. The average Bonchev–Trinajstić information content (AvgIpc) is 3.00. The first kappa shape index (κ1) is 21.2. The molecular formula is C18H31N5O4S. The number of likely N-dealkylation sites (tertiary alicyclic amines) is 1. The summed E-state index contributed by atoms with van der Waals surface area (Å²) in [6.07, 6.45) is 2.81. The number of amides is 1. The van der Waals surface area contributed by atoms with Gasteiger partial charge in [-0.1, -0.05) is 0 Å². The number of aryl methyl sites for hydroxylation is 2.